The first-order valence-electron chi connectivity index (χ1n) is 11.4. The van der Waals surface area contributed by atoms with Gasteiger partial charge in [-0.15, -0.1) is 0 Å². The lowest BCUT2D eigenvalue weighted by Crippen LogP contribution is -2.21. The fraction of sp³-hybridized carbons (Fsp3) is 0.385. The maximum absolute atomic E-state index is 6.23. The quantitative estimate of drug-likeness (QED) is 0.387. The molecule has 0 bridgehead atoms. The van der Waals surface area contributed by atoms with Gasteiger partial charge in [0.05, 0.1) is 11.0 Å². The molecule has 32 heavy (non-hydrogen) atoms. The lowest BCUT2D eigenvalue weighted by Gasteiger charge is -2.23. The predicted molar refractivity (Wildman–Crippen MR) is 125 cm³/mol. The van der Waals surface area contributed by atoms with Crippen LogP contribution in [0.25, 0.3) is 21.9 Å². The molecule has 0 aliphatic carbocycles. The van der Waals surface area contributed by atoms with Gasteiger partial charge in [-0.05, 0) is 37.3 Å². The van der Waals surface area contributed by atoms with Gasteiger partial charge in [-0.2, -0.15) is 0 Å². The van der Waals surface area contributed by atoms with E-state index < -0.39 is 0 Å². The number of pyridine rings is 1. The number of para-hydroxylation sites is 1. The van der Waals surface area contributed by atoms with Crippen molar-refractivity contribution in [3.63, 3.8) is 0 Å². The molecule has 2 aromatic heterocycles. The highest BCUT2D eigenvalue weighted by atomic mass is 16.5. The van der Waals surface area contributed by atoms with Gasteiger partial charge in [0.1, 0.15) is 19.0 Å². The van der Waals surface area contributed by atoms with Crippen molar-refractivity contribution in [2.45, 2.75) is 39.5 Å². The van der Waals surface area contributed by atoms with E-state index in [0.29, 0.717) is 31.6 Å². The largest absolute Gasteiger partial charge is 0.471 e. The van der Waals surface area contributed by atoms with E-state index in [-0.39, 0.29) is 0 Å². The van der Waals surface area contributed by atoms with Gasteiger partial charge in [0, 0.05) is 31.8 Å². The van der Waals surface area contributed by atoms with E-state index >= 15 is 0 Å². The molecule has 0 radical (unpaired) electrons. The molecule has 3 heterocycles. The summed E-state index contributed by atoms with van der Waals surface area (Å²) in [6, 6.07) is 18.4. The predicted octanol–water partition coefficient (Wildman–Crippen LogP) is 5.13. The first-order valence-corrected chi connectivity index (χ1v) is 11.4. The molecular weight excluding hydrogens is 402 g/mol. The monoisotopic (exact) mass is 431 g/mol. The van der Waals surface area contributed by atoms with Crippen molar-refractivity contribution in [3.05, 3.63) is 66.0 Å². The van der Waals surface area contributed by atoms with E-state index in [9.17, 15) is 0 Å². The summed E-state index contributed by atoms with van der Waals surface area (Å²) in [5, 5.41) is 1.09. The molecule has 166 valence electrons. The van der Waals surface area contributed by atoms with Crippen LogP contribution in [0, 0.1) is 5.92 Å². The zero-order valence-corrected chi connectivity index (χ0v) is 18.5. The molecule has 4 aromatic rings. The molecule has 1 aliphatic heterocycles. The third-order valence-electron chi connectivity index (χ3n) is 6.07. The first-order chi connectivity index (χ1) is 15.8. The second-order valence-corrected chi connectivity index (χ2v) is 8.24. The van der Waals surface area contributed by atoms with Crippen LogP contribution in [0.5, 0.6) is 5.88 Å². The SMILES string of the molecule is CCOCc1nc2c(OCc3ccccc3)nc3ccccc3c2n1CC1CCOCC1. The van der Waals surface area contributed by atoms with Crippen molar-refractivity contribution >= 4 is 21.9 Å². The molecule has 0 unspecified atom stereocenters. The second-order valence-electron chi connectivity index (χ2n) is 8.24. The lowest BCUT2D eigenvalue weighted by molar-refractivity contribution is 0.0602. The topological polar surface area (TPSA) is 58.4 Å². The maximum atomic E-state index is 6.23. The summed E-state index contributed by atoms with van der Waals surface area (Å²) in [5.41, 5.74) is 3.91. The molecule has 0 amide bonds. The van der Waals surface area contributed by atoms with Crippen molar-refractivity contribution in [2.24, 2.45) is 5.92 Å². The van der Waals surface area contributed by atoms with Gasteiger partial charge in [-0.3, -0.25) is 0 Å². The van der Waals surface area contributed by atoms with Crippen molar-refractivity contribution in [2.75, 3.05) is 19.8 Å². The van der Waals surface area contributed by atoms with E-state index in [0.717, 1.165) is 65.9 Å². The Morgan fingerprint density at radius 1 is 0.969 bits per heavy atom. The first kappa shape index (κ1) is 20.9. The normalized spacial score (nSPS) is 14.9. The molecule has 5 rings (SSSR count). The number of aromatic nitrogens is 3. The van der Waals surface area contributed by atoms with Crippen LogP contribution in [-0.2, 0) is 29.2 Å². The fourth-order valence-electron chi connectivity index (χ4n) is 4.37. The molecule has 6 heteroatoms. The summed E-state index contributed by atoms with van der Waals surface area (Å²) in [5.74, 6) is 2.06. The molecule has 2 aromatic carbocycles. The Balaban J connectivity index is 1.61. The van der Waals surface area contributed by atoms with Crippen LogP contribution in [0.3, 0.4) is 0 Å². The number of ether oxygens (including phenoxy) is 3. The molecule has 6 nitrogen and oxygen atoms in total. The van der Waals surface area contributed by atoms with Crippen molar-refractivity contribution < 1.29 is 14.2 Å². The van der Waals surface area contributed by atoms with Crippen LogP contribution < -0.4 is 4.74 Å². The van der Waals surface area contributed by atoms with Gasteiger partial charge in [-0.25, -0.2) is 9.97 Å². The molecule has 1 aliphatic rings. The highest BCUT2D eigenvalue weighted by Gasteiger charge is 2.23. The summed E-state index contributed by atoms with van der Waals surface area (Å²) in [6.45, 7) is 6.13. The Morgan fingerprint density at radius 2 is 1.75 bits per heavy atom. The average molecular weight is 432 g/mol. The van der Waals surface area contributed by atoms with Crippen LogP contribution in [0.2, 0.25) is 0 Å². The van der Waals surface area contributed by atoms with Crippen LogP contribution in [0.4, 0.5) is 0 Å². The number of fused-ring (bicyclic) bond motifs is 3. The number of hydrogen-bond acceptors (Lipinski definition) is 5. The number of imidazole rings is 1. The third-order valence-corrected chi connectivity index (χ3v) is 6.07. The van der Waals surface area contributed by atoms with Crippen molar-refractivity contribution in [3.8, 4) is 5.88 Å². The van der Waals surface area contributed by atoms with Crippen molar-refractivity contribution in [1.82, 2.24) is 14.5 Å². The van der Waals surface area contributed by atoms with Gasteiger partial charge < -0.3 is 18.8 Å². The zero-order valence-electron chi connectivity index (χ0n) is 18.5. The molecule has 0 atom stereocenters. The van der Waals surface area contributed by atoms with Gasteiger partial charge >= 0.3 is 0 Å². The van der Waals surface area contributed by atoms with Gasteiger partial charge in [0.15, 0.2) is 5.52 Å². The van der Waals surface area contributed by atoms with E-state index in [1.54, 1.807) is 0 Å². The summed E-state index contributed by atoms with van der Waals surface area (Å²) >= 11 is 0. The summed E-state index contributed by atoms with van der Waals surface area (Å²) in [7, 11) is 0. The Kier molecular flexibility index (Phi) is 6.32. The van der Waals surface area contributed by atoms with Crippen LogP contribution in [-0.4, -0.2) is 34.4 Å². The van der Waals surface area contributed by atoms with Crippen LogP contribution in [0.1, 0.15) is 31.2 Å². The van der Waals surface area contributed by atoms with Crippen LogP contribution >= 0.6 is 0 Å². The number of hydrogen-bond donors (Lipinski definition) is 0. The summed E-state index contributed by atoms with van der Waals surface area (Å²) in [4.78, 5) is 9.84. The van der Waals surface area contributed by atoms with Crippen LogP contribution in [0.15, 0.2) is 54.6 Å². The maximum Gasteiger partial charge on any atom is 0.243 e. The Labute approximate surface area is 188 Å². The molecule has 0 N–H and O–H groups in total. The number of rotatable bonds is 8. The van der Waals surface area contributed by atoms with Gasteiger partial charge in [-0.1, -0.05) is 48.5 Å². The lowest BCUT2D eigenvalue weighted by atomic mass is 10.00. The Hall–Kier alpha value is -2.96. The van der Waals surface area contributed by atoms with Gasteiger partial charge in [0.25, 0.3) is 0 Å². The summed E-state index contributed by atoms with van der Waals surface area (Å²) in [6.07, 6.45) is 2.13. The Bertz CT molecular complexity index is 1180. The van der Waals surface area contributed by atoms with E-state index in [1.165, 1.54) is 0 Å². The zero-order chi connectivity index (χ0) is 21.8. The molecule has 0 saturated carbocycles. The van der Waals surface area contributed by atoms with E-state index in [1.807, 2.05) is 37.3 Å². The number of benzene rings is 2. The van der Waals surface area contributed by atoms with E-state index in [4.69, 9.17) is 24.2 Å². The van der Waals surface area contributed by atoms with Gasteiger partial charge in [0.2, 0.25) is 5.88 Å². The summed E-state index contributed by atoms with van der Waals surface area (Å²) < 4.78 is 19.9. The van der Waals surface area contributed by atoms with Crippen molar-refractivity contribution in [1.29, 1.82) is 0 Å². The average Bonchev–Trinajstić information content (AvgIpc) is 3.21. The standard InChI is InChI=1S/C26H29N3O3/c1-2-30-18-23-28-24-25(29(23)16-19-12-14-31-15-13-19)21-10-6-7-11-22(21)27-26(24)32-17-20-8-4-3-5-9-20/h3-11,19H,2,12-18H2,1H3. The minimum Gasteiger partial charge on any atom is -0.471 e. The molecule has 0 spiro atoms. The number of nitrogens with zero attached hydrogens (tertiary/aromatic N) is 3. The fourth-order valence-corrected chi connectivity index (χ4v) is 4.37. The molecular formula is C26H29N3O3. The molecule has 1 saturated heterocycles. The Morgan fingerprint density at radius 3 is 2.56 bits per heavy atom. The minimum absolute atomic E-state index is 0.453. The highest BCUT2D eigenvalue weighted by Crippen LogP contribution is 2.33. The highest BCUT2D eigenvalue weighted by molar-refractivity contribution is 6.04. The molecule has 1 fully saturated rings. The van der Waals surface area contributed by atoms with E-state index in [2.05, 4.69) is 28.8 Å². The second kappa shape index (κ2) is 9.67. The third kappa shape index (κ3) is 4.33. The minimum atomic E-state index is 0.453. The smallest absolute Gasteiger partial charge is 0.243 e.